The molecule has 0 amide bonds. The summed E-state index contributed by atoms with van der Waals surface area (Å²) in [4.78, 5) is 2.93. The van der Waals surface area contributed by atoms with E-state index in [0.29, 0.717) is 29.8 Å². The smallest absolute Gasteiger partial charge is 0.131 e. The fourth-order valence-electron chi connectivity index (χ4n) is 12.1. The molecule has 265 valence electrons. The molecule has 0 aromatic heterocycles. The van der Waals surface area contributed by atoms with Crippen LogP contribution in [0.2, 0.25) is 30.7 Å². The van der Waals surface area contributed by atoms with Gasteiger partial charge in [-0.05, 0) is 94.3 Å². The van der Waals surface area contributed by atoms with Gasteiger partial charge in [0.15, 0.2) is 0 Å². The predicted octanol–water partition coefficient (Wildman–Crippen LogP) is 11.1. The van der Waals surface area contributed by atoms with E-state index in [1.54, 1.807) is 10.4 Å². The molecule has 53 heavy (non-hydrogen) atoms. The molecule has 1 radical (unpaired) electrons. The molecule has 3 aromatic carbocycles. The van der Waals surface area contributed by atoms with Crippen LogP contribution in [-0.4, -0.2) is 40.0 Å². The molecule has 0 saturated carbocycles. The third kappa shape index (κ3) is 4.80. The van der Waals surface area contributed by atoms with Crippen molar-refractivity contribution >= 4 is 38.4 Å². The second-order valence-corrected chi connectivity index (χ2v) is 24.7. The van der Waals surface area contributed by atoms with Crippen LogP contribution in [0.3, 0.4) is 0 Å². The quantitative estimate of drug-likeness (QED) is 0.196. The lowest BCUT2D eigenvalue weighted by Crippen LogP contribution is -2.49. The summed E-state index contributed by atoms with van der Waals surface area (Å²) in [5.41, 5.74) is 8.74. The summed E-state index contributed by atoms with van der Waals surface area (Å²) >= 11 is 0. The molecule has 9 atom stereocenters. The highest BCUT2D eigenvalue weighted by Gasteiger charge is 2.53. The summed E-state index contributed by atoms with van der Waals surface area (Å²) in [6.45, 7) is 7.89. The monoisotopic (exact) mass is 724 g/mol. The summed E-state index contributed by atoms with van der Waals surface area (Å²) in [6.07, 6.45) is 38.4. The van der Waals surface area contributed by atoms with E-state index in [2.05, 4.69) is 158 Å². The minimum absolute atomic E-state index is 0.203. The highest BCUT2D eigenvalue weighted by molar-refractivity contribution is 6.98. The molecule has 1 fully saturated rings. The van der Waals surface area contributed by atoms with Crippen LogP contribution < -0.4 is 9.92 Å². The number of nitrogens with zero attached hydrogens (tertiary/aromatic N) is 1. The van der Waals surface area contributed by atoms with Gasteiger partial charge in [-0.1, -0.05) is 146 Å². The van der Waals surface area contributed by atoms with Crippen molar-refractivity contribution in [3.8, 4) is 5.75 Å². The fraction of sp³-hybridized carbons (Fsp3) is 0.347. The zero-order chi connectivity index (χ0) is 35.4. The van der Waals surface area contributed by atoms with E-state index in [1.807, 2.05) is 0 Å². The standard InChI is InChI=1S/C49H50NOSi2/c1-52-44-21-9-7-16-38(44)40-18-11-19-42(49(40)52)50(33-24-22-32(23-25-33)36-17-10-13-31-12-4-5-14-35(31)36)34-26-27-41-46(30-34)53(2,3)45-29-28-39-37-15-6-8-20-43(37)51-48(39)47(41)45/h4-5,7-14,16-17,19-22,24-29,32,34,37-38,40,42-44,49H,6,15,18,23,30H2,1-3H3. The number of benzene rings is 3. The average molecular weight is 725 g/mol. The highest BCUT2D eigenvalue weighted by Crippen LogP contribution is 2.58. The first-order valence-electron chi connectivity index (χ1n) is 20.4. The van der Waals surface area contributed by atoms with Crippen LogP contribution in [0.1, 0.15) is 60.6 Å². The highest BCUT2D eigenvalue weighted by atomic mass is 28.3. The Labute approximate surface area is 318 Å². The van der Waals surface area contributed by atoms with E-state index in [1.165, 1.54) is 57.3 Å². The van der Waals surface area contributed by atoms with Gasteiger partial charge < -0.3 is 9.64 Å². The van der Waals surface area contributed by atoms with Crippen molar-refractivity contribution in [3.05, 3.63) is 161 Å². The van der Waals surface area contributed by atoms with Gasteiger partial charge in [-0.3, -0.25) is 0 Å². The number of hydrogen-bond acceptors (Lipinski definition) is 2. The van der Waals surface area contributed by atoms with Crippen LogP contribution >= 0.6 is 0 Å². The van der Waals surface area contributed by atoms with Crippen LogP contribution in [0.25, 0.3) is 16.3 Å². The largest absolute Gasteiger partial charge is 0.485 e. The minimum atomic E-state index is -1.91. The van der Waals surface area contributed by atoms with Gasteiger partial charge in [-0.15, -0.1) is 0 Å². The van der Waals surface area contributed by atoms with Gasteiger partial charge in [0.25, 0.3) is 0 Å². The van der Waals surface area contributed by atoms with Crippen LogP contribution in [-0.2, 0) is 0 Å². The van der Waals surface area contributed by atoms with Crippen LogP contribution in [0.4, 0.5) is 0 Å². The Morgan fingerprint density at radius 2 is 1.72 bits per heavy atom. The molecule has 0 spiro atoms. The van der Waals surface area contributed by atoms with Crippen LogP contribution in [0, 0.1) is 11.8 Å². The molecular formula is C49H50NOSi2. The molecule has 3 aromatic rings. The van der Waals surface area contributed by atoms with E-state index in [-0.39, 0.29) is 6.10 Å². The van der Waals surface area contributed by atoms with Crippen molar-refractivity contribution in [2.45, 2.75) is 92.9 Å². The zero-order valence-electron chi connectivity index (χ0n) is 31.3. The molecule has 11 rings (SSSR count). The van der Waals surface area contributed by atoms with Crippen molar-refractivity contribution in [1.82, 2.24) is 4.90 Å². The summed E-state index contributed by atoms with van der Waals surface area (Å²) in [5, 5.41) is 6.04. The molecule has 2 nitrogen and oxygen atoms in total. The van der Waals surface area contributed by atoms with Crippen molar-refractivity contribution in [1.29, 1.82) is 0 Å². The second kappa shape index (κ2) is 12.2. The number of rotatable bonds is 4. The number of allylic oxidation sites excluding steroid dienone is 11. The summed E-state index contributed by atoms with van der Waals surface area (Å²) in [6, 6.07) is 21.5. The first-order valence-corrected chi connectivity index (χ1v) is 25.5. The molecule has 9 unspecified atom stereocenters. The molecule has 0 bridgehead atoms. The van der Waals surface area contributed by atoms with E-state index in [9.17, 15) is 0 Å². The van der Waals surface area contributed by atoms with Gasteiger partial charge in [0, 0.05) is 34.7 Å². The Balaban J connectivity index is 0.976. The molecule has 3 heterocycles. The molecule has 5 aliphatic carbocycles. The lowest BCUT2D eigenvalue weighted by molar-refractivity contribution is 0.205. The Bertz CT molecular complexity index is 2280. The normalized spacial score (nSPS) is 33.9. The molecule has 0 N–H and O–H groups in total. The summed E-state index contributed by atoms with van der Waals surface area (Å²) < 4.78 is 6.86. The SMILES string of the molecule is C[Si]1C2C=CC=CC2C2CC=CC(N(C3=CCC(c4cccc5ccccc45)C=C3)C3C=CC4=C(C3)[Si](C)(C)c3ccc5c(c34)OC3C=CCCC53)C21. The van der Waals surface area contributed by atoms with Crippen LogP contribution in [0.5, 0.6) is 5.75 Å². The lowest BCUT2D eigenvalue weighted by atomic mass is 9.77. The fourth-order valence-corrected chi connectivity index (χ4v) is 19.1. The van der Waals surface area contributed by atoms with E-state index in [4.69, 9.17) is 4.74 Å². The van der Waals surface area contributed by atoms with Gasteiger partial charge >= 0.3 is 0 Å². The maximum Gasteiger partial charge on any atom is 0.131 e. The third-order valence-corrected chi connectivity index (χ3v) is 21.9. The summed E-state index contributed by atoms with van der Waals surface area (Å²) in [7, 11) is -2.54. The maximum atomic E-state index is 6.86. The van der Waals surface area contributed by atoms with E-state index in [0.717, 1.165) is 36.3 Å². The molecule has 4 heteroatoms. The van der Waals surface area contributed by atoms with E-state index < -0.39 is 16.9 Å². The van der Waals surface area contributed by atoms with Gasteiger partial charge in [-0.2, -0.15) is 0 Å². The van der Waals surface area contributed by atoms with Crippen molar-refractivity contribution < 1.29 is 4.74 Å². The zero-order valence-corrected chi connectivity index (χ0v) is 33.3. The second-order valence-electron chi connectivity index (χ2n) is 17.5. The van der Waals surface area contributed by atoms with Crippen molar-refractivity contribution in [2.24, 2.45) is 11.8 Å². The van der Waals surface area contributed by atoms with Gasteiger partial charge in [0.1, 0.15) is 19.9 Å². The maximum absolute atomic E-state index is 6.86. The molecule has 3 aliphatic heterocycles. The Hall–Kier alpha value is -4.13. The number of hydrogen-bond donors (Lipinski definition) is 0. The molecule has 8 aliphatic rings. The third-order valence-electron chi connectivity index (χ3n) is 14.7. The molecule has 1 saturated heterocycles. The topological polar surface area (TPSA) is 12.5 Å². The van der Waals surface area contributed by atoms with Crippen LogP contribution in [0.15, 0.2) is 144 Å². The average Bonchev–Trinajstić information content (AvgIpc) is 3.80. The summed E-state index contributed by atoms with van der Waals surface area (Å²) in [5.74, 6) is 3.53. The lowest BCUT2D eigenvalue weighted by Gasteiger charge is -2.47. The van der Waals surface area contributed by atoms with Gasteiger partial charge in [0.2, 0.25) is 0 Å². The Morgan fingerprint density at radius 3 is 2.62 bits per heavy atom. The van der Waals surface area contributed by atoms with Crippen molar-refractivity contribution in [2.75, 3.05) is 0 Å². The number of fused-ring (bicyclic) bond motifs is 10. The number of ether oxygens (including phenoxy) is 1. The Kier molecular flexibility index (Phi) is 7.44. The minimum Gasteiger partial charge on any atom is -0.485 e. The van der Waals surface area contributed by atoms with Gasteiger partial charge in [-0.25, -0.2) is 0 Å². The predicted molar refractivity (Wildman–Crippen MR) is 226 cm³/mol. The van der Waals surface area contributed by atoms with E-state index >= 15 is 0 Å². The first-order chi connectivity index (χ1) is 26.0. The first kappa shape index (κ1) is 32.3. The Morgan fingerprint density at radius 1 is 0.830 bits per heavy atom. The molecular weight excluding hydrogens is 675 g/mol. The van der Waals surface area contributed by atoms with Crippen molar-refractivity contribution in [3.63, 3.8) is 0 Å². The van der Waals surface area contributed by atoms with Gasteiger partial charge in [0.05, 0.1) is 14.8 Å².